The van der Waals surface area contributed by atoms with Gasteiger partial charge in [0, 0.05) is 18.6 Å². The first-order chi connectivity index (χ1) is 8.10. The summed E-state index contributed by atoms with van der Waals surface area (Å²) in [6, 6.07) is 0.264. The van der Waals surface area contributed by atoms with Crippen molar-refractivity contribution in [1.82, 2.24) is 4.90 Å². The molecule has 104 valence electrons. The number of hydrogen-bond acceptors (Lipinski definition) is 3. The molecule has 0 saturated carbocycles. The van der Waals surface area contributed by atoms with Crippen LogP contribution < -0.4 is 0 Å². The summed E-state index contributed by atoms with van der Waals surface area (Å²) in [5, 5.41) is 18.6. The van der Waals surface area contributed by atoms with Crippen LogP contribution in [0.5, 0.6) is 0 Å². The molecule has 0 aliphatic heterocycles. The smallest absolute Gasteiger partial charge is 0.0584 e. The molecule has 2 N–H and O–H groups in total. The maximum atomic E-state index is 9.29. The summed E-state index contributed by atoms with van der Waals surface area (Å²) in [6.07, 6.45) is 4.93. The zero-order chi connectivity index (χ0) is 13.3. The second-order valence-electron chi connectivity index (χ2n) is 5.18. The molecule has 0 rings (SSSR count). The van der Waals surface area contributed by atoms with Crippen molar-refractivity contribution in [3.05, 3.63) is 0 Å². The first kappa shape index (κ1) is 16.9. The van der Waals surface area contributed by atoms with Crippen LogP contribution >= 0.6 is 0 Å². The van der Waals surface area contributed by atoms with Crippen molar-refractivity contribution >= 4 is 0 Å². The van der Waals surface area contributed by atoms with Crippen LogP contribution in [0.1, 0.15) is 53.4 Å². The molecule has 17 heavy (non-hydrogen) atoms. The van der Waals surface area contributed by atoms with Crippen molar-refractivity contribution in [3.63, 3.8) is 0 Å². The lowest BCUT2D eigenvalue weighted by Crippen LogP contribution is -2.46. The van der Waals surface area contributed by atoms with E-state index in [9.17, 15) is 10.2 Å². The van der Waals surface area contributed by atoms with Gasteiger partial charge in [-0.1, -0.05) is 33.1 Å². The zero-order valence-electron chi connectivity index (χ0n) is 12.0. The summed E-state index contributed by atoms with van der Waals surface area (Å²) in [6.45, 7) is 9.81. The first-order valence-corrected chi connectivity index (χ1v) is 7.08. The number of unbranched alkanes of at least 4 members (excludes halogenated alkanes) is 1. The van der Waals surface area contributed by atoms with Gasteiger partial charge in [0.2, 0.25) is 0 Å². The predicted octanol–water partition coefficient (Wildman–Crippen LogP) is 2.27. The van der Waals surface area contributed by atoms with Crippen LogP contribution in [-0.2, 0) is 0 Å². The highest BCUT2D eigenvalue weighted by Gasteiger charge is 2.21. The van der Waals surface area contributed by atoms with E-state index in [0.29, 0.717) is 5.92 Å². The molecule has 0 aliphatic carbocycles. The van der Waals surface area contributed by atoms with Gasteiger partial charge in [-0.25, -0.2) is 0 Å². The number of aliphatic hydroxyl groups excluding tert-OH is 2. The second kappa shape index (κ2) is 9.86. The lowest BCUT2D eigenvalue weighted by molar-refractivity contribution is 0.0525. The molecule has 0 spiro atoms. The maximum Gasteiger partial charge on any atom is 0.0584 e. The average molecular weight is 245 g/mol. The molecular weight excluding hydrogens is 214 g/mol. The molecule has 0 saturated heterocycles. The van der Waals surface area contributed by atoms with Gasteiger partial charge in [0.1, 0.15) is 0 Å². The third-order valence-electron chi connectivity index (χ3n) is 3.67. The van der Waals surface area contributed by atoms with Crippen molar-refractivity contribution in [2.24, 2.45) is 5.92 Å². The Hall–Kier alpha value is -0.120. The van der Waals surface area contributed by atoms with Gasteiger partial charge >= 0.3 is 0 Å². The molecule has 0 heterocycles. The third kappa shape index (κ3) is 6.39. The van der Waals surface area contributed by atoms with Crippen molar-refractivity contribution in [2.45, 2.75) is 65.5 Å². The summed E-state index contributed by atoms with van der Waals surface area (Å²) in [5.41, 5.74) is 0. The Balaban J connectivity index is 4.37. The topological polar surface area (TPSA) is 43.7 Å². The van der Waals surface area contributed by atoms with E-state index in [1.165, 1.54) is 25.7 Å². The van der Waals surface area contributed by atoms with E-state index in [4.69, 9.17) is 0 Å². The van der Waals surface area contributed by atoms with Crippen LogP contribution in [0.4, 0.5) is 0 Å². The summed E-state index contributed by atoms with van der Waals surface area (Å²) in [5.74, 6) is 0.679. The molecule has 0 aromatic heterocycles. The van der Waals surface area contributed by atoms with E-state index in [-0.39, 0.29) is 25.3 Å². The predicted molar refractivity (Wildman–Crippen MR) is 73.1 cm³/mol. The quantitative estimate of drug-likeness (QED) is 0.620. The Kier molecular flexibility index (Phi) is 9.79. The summed E-state index contributed by atoms with van der Waals surface area (Å²) >= 11 is 0. The van der Waals surface area contributed by atoms with Gasteiger partial charge in [0.25, 0.3) is 0 Å². The van der Waals surface area contributed by atoms with Crippen molar-refractivity contribution < 1.29 is 10.2 Å². The van der Waals surface area contributed by atoms with E-state index in [2.05, 4.69) is 18.7 Å². The zero-order valence-corrected chi connectivity index (χ0v) is 12.0. The fraction of sp³-hybridized carbons (Fsp3) is 1.00. The Labute approximate surface area is 107 Å². The Morgan fingerprint density at radius 2 is 1.53 bits per heavy atom. The number of nitrogens with zero attached hydrogens (tertiary/aromatic N) is 1. The molecule has 0 bridgehead atoms. The minimum atomic E-state index is 0.132. The van der Waals surface area contributed by atoms with Crippen molar-refractivity contribution in [2.75, 3.05) is 19.8 Å². The highest BCUT2D eigenvalue weighted by atomic mass is 16.3. The van der Waals surface area contributed by atoms with Gasteiger partial charge in [0.15, 0.2) is 0 Å². The fourth-order valence-corrected chi connectivity index (χ4v) is 2.22. The Bertz CT molecular complexity index is 166. The van der Waals surface area contributed by atoms with Crippen LogP contribution in [0, 0.1) is 5.92 Å². The average Bonchev–Trinajstić information content (AvgIpc) is 2.37. The molecular formula is C14H31NO2. The highest BCUT2D eigenvalue weighted by molar-refractivity contribution is 4.75. The van der Waals surface area contributed by atoms with Gasteiger partial charge in [-0.05, 0) is 26.2 Å². The number of rotatable bonds is 10. The molecule has 0 fully saturated rings. The van der Waals surface area contributed by atoms with Crippen LogP contribution in [0.25, 0.3) is 0 Å². The summed E-state index contributed by atoms with van der Waals surface area (Å²) < 4.78 is 0. The van der Waals surface area contributed by atoms with E-state index in [0.717, 1.165) is 6.54 Å². The number of aliphatic hydroxyl groups is 2. The minimum Gasteiger partial charge on any atom is -0.395 e. The van der Waals surface area contributed by atoms with E-state index < -0.39 is 0 Å². The minimum absolute atomic E-state index is 0.132. The lowest BCUT2D eigenvalue weighted by Gasteiger charge is -2.35. The molecule has 3 unspecified atom stereocenters. The van der Waals surface area contributed by atoms with E-state index in [1.807, 2.05) is 13.8 Å². The Morgan fingerprint density at radius 3 is 1.88 bits per heavy atom. The monoisotopic (exact) mass is 245 g/mol. The highest BCUT2D eigenvalue weighted by Crippen LogP contribution is 2.17. The number of hydrogen-bond donors (Lipinski definition) is 2. The van der Waals surface area contributed by atoms with Gasteiger partial charge in [-0.15, -0.1) is 0 Å². The first-order valence-electron chi connectivity index (χ1n) is 7.08. The van der Waals surface area contributed by atoms with Crippen LogP contribution in [-0.4, -0.2) is 47.0 Å². The van der Waals surface area contributed by atoms with Crippen LogP contribution in [0.2, 0.25) is 0 Å². The third-order valence-corrected chi connectivity index (χ3v) is 3.67. The molecule has 0 aromatic carbocycles. The molecule has 3 nitrogen and oxygen atoms in total. The second-order valence-corrected chi connectivity index (χ2v) is 5.18. The van der Waals surface area contributed by atoms with Gasteiger partial charge in [-0.2, -0.15) is 0 Å². The van der Waals surface area contributed by atoms with Crippen LogP contribution in [0.15, 0.2) is 0 Å². The Morgan fingerprint density at radius 1 is 1.00 bits per heavy atom. The van der Waals surface area contributed by atoms with Crippen LogP contribution in [0.3, 0.4) is 0 Å². The summed E-state index contributed by atoms with van der Waals surface area (Å²) in [4.78, 5) is 2.24. The molecule has 0 radical (unpaired) electrons. The maximum absolute atomic E-state index is 9.29. The lowest BCUT2D eigenvalue weighted by atomic mass is 9.97. The van der Waals surface area contributed by atoms with Crippen molar-refractivity contribution in [3.8, 4) is 0 Å². The molecule has 3 atom stereocenters. The standard InChI is InChI=1S/C14H31NO2/c1-5-7-8-14(6-2)9-15(12(3)10-16)13(4)11-17/h12-14,16-17H,5-11H2,1-4H3. The SMILES string of the molecule is CCCCC(CC)CN(C(C)CO)C(C)CO. The molecule has 0 aromatic rings. The van der Waals surface area contributed by atoms with Gasteiger partial charge in [-0.3, -0.25) is 4.90 Å². The summed E-state index contributed by atoms with van der Waals surface area (Å²) in [7, 11) is 0. The molecule has 3 heteroatoms. The molecule has 0 amide bonds. The van der Waals surface area contributed by atoms with Gasteiger partial charge < -0.3 is 10.2 Å². The largest absolute Gasteiger partial charge is 0.395 e. The van der Waals surface area contributed by atoms with E-state index >= 15 is 0 Å². The van der Waals surface area contributed by atoms with E-state index in [1.54, 1.807) is 0 Å². The van der Waals surface area contributed by atoms with Crippen molar-refractivity contribution in [1.29, 1.82) is 0 Å². The van der Waals surface area contributed by atoms with Gasteiger partial charge in [0.05, 0.1) is 13.2 Å². The molecule has 0 aliphatic rings. The normalized spacial score (nSPS) is 17.1. The fourth-order valence-electron chi connectivity index (χ4n) is 2.22.